The third-order valence-electron chi connectivity index (χ3n) is 9.61. The number of aliphatic hydroxyl groups excluding tert-OH is 3. The van der Waals surface area contributed by atoms with Crippen LogP contribution in [0.3, 0.4) is 0 Å². The summed E-state index contributed by atoms with van der Waals surface area (Å²) in [5.74, 6) is -4.86. The van der Waals surface area contributed by atoms with Crippen molar-refractivity contribution in [3.05, 3.63) is 17.7 Å². The monoisotopic (exact) mass is 1490 g/mol. The molecule has 0 aromatic heterocycles. The molecule has 44 heavy (non-hydrogen) atoms. The molecule has 4 radical (unpaired) electrons. The fraction of sp³-hybridized carbons (Fsp3) is 0.741. The number of carbonyl (C=O) groups is 4. The third-order valence-corrected chi connectivity index (χ3v) is 9.61. The molecule has 240 valence electrons. The summed E-state index contributed by atoms with van der Waals surface area (Å²) in [6, 6.07) is 0. The number of rotatable bonds is 5. The second kappa shape index (κ2) is 16.7. The van der Waals surface area contributed by atoms with Crippen molar-refractivity contribution < 1.29 is 207 Å². The summed E-state index contributed by atoms with van der Waals surface area (Å²) in [5.41, 5.74) is -7.14. The predicted octanol–water partition coefficient (Wildman–Crippen LogP) is -1.57. The van der Waals surface area contributed by atoms with Gasteiger partial charge in [0.05, 0.1) is 24.2 Å². The summed E-state index contributed by atoms with van der Waals surface area (Å²) in [5, 5.41) is 59.5. The predicted molar refractivity (Wildman–Crippen MR) is 134 cm³/mol. The van der Waals surface area contributed by atoms with E-state index in [-0.39, 0.29) is 172 Å². The summed E-state index contributed by atoms with van der Waals surface area (Å²) in [6.07, 6.45) is -9.63. The Kier molecular flexibility index (Phi) is 17.6. The Morgan fingerprint density at radius 2 is 1.64 bits per heavy atom. The van der Waals surface area contributed by atoms with Crippen LogP contribution in [0.2, 0.25) is 0 Å². The Hall–Kier alpha value is 2.49. The van der Waals surface area contributed by atoms with E-state index in [1.165, 1.54) is 34.6 Å². The Balaban J connectivity index is 0.00000462. The second-order valence-corrected chi connectivity index (χ2v) is 12.2. The fourth-order valence-electron chi connectivity index (χ4n) is 7.27. The van der Waals surface area contributed by atoms with Crippen LogP contribution in [0, 0.1) is 171 Å². The van der Waals surface area contributed by atoms with Gasteiger partial charge in [-0.25, -0.2) is 6.54 Å². The minimum absolute atomic E-state index is 0. The minimum atomic E-state index is -2.18. The molecule has 2 saturated carbocycles. The zero-order valence-corrected chi connectivity index (χ0v) is 42.3. The first kappa shape index (κ1) is 46.5. The van der Waals surface area contributed by atoms with Gasteiger partial charge >= 0.3 is 11.9 Å². The van der Waals surface area contributed by atoms with E-state index in [1.54, 1.807) is 0 Å². The number of hydrogen-bond donors (Lipinski definition) is 6. The van der Waals surface area contributed by atoms with Crippen LogP contribution < -0.4 is 5.32 Å². The SMILES string of the molecule is CC(=O)N[CH-][C@@H](O)C(=O)O[C@H]1C[C@@]2(O)[C@@H](OC(C)=O)[C@@H]3[C@]4(O)CO[C@@H]4C[C@H](O)[C@@]3(C)C(=O)[C@H](O)C(=C1C)C2(C)C.[Ac].[Ac].[Np].[Np]. The number of Topliss-reactive ketones (excluding diaryl/α,β-unsaturated/α-hetero) is 1. The number of ketones is 1. The maximum atomic E-state index is 14.1. The third kappa shape index (κ3) is 7.56. The molecule has 2 bridgehead atoms. The van der Waals surface area contributed by atoms with E-state index in [2.05, 4.69) is 5.32 Å². The molecule has 1 saturated heterocycles. The van der Waals surface area contributed by atoms with Crippen LogP contribution in [0.1, 0.15) is 54.4 Å². The van der Waals surface area contributed by atoms with Crippen LogP contribution >= 0.6 is 0 Å². The molecule has 1 aliphatic heterocycles. The standard InChI is InChI=1S/C27H38NO12.2Ac.2Np/c1-11-15(40-23(35)14(31)9-28-12(2)29)8-27(37)22(39-13(3)30)20-25(6,16(32)7-17-26(20,36)10-38-17)21(34)19(33)18(11)24(27,4)5;;;;/h9,14-17,19-20,22,31-33,36-37H,7-8,10H2,1-6H3,(H,28,29);;;;/q-1;;;;/t14-,15+,16+,17-,19-,20+,22+,25-,26+,27-;;;;/m1..../s1. The Bertz CT molecular complexity index is 1170. The molecule has 0 aromatic carbocycles. The quantitative estimate of drug-likeness (QED) is 0.105. The molecule has 17 heteroatoms. The van der Waals surface area contributed by atoms with Gasteiger partial charge in [0, 0.05) is 192 Å². The summed E-state index contributed by atoms with van der Waals surface area (Å²) < 4.78 is 16.7. The largest absolute Gasteiger partial charge is 0.503 e. The average Bonchev–Trinajstić information content (AvgIpc) is 2.85. The van der Waals surface area contributed by atoms with E-state index in [1.807, 2.05) is 0 Å². The molecule has 0 aromatic rings. The van der Waals surface area contributed by atoms with E-state index in [9.17, 15) is 44.7 Å². The number of esters is 2. The zero-order valence-electron chi connectivity index (χ0n) is 25.4. The number of carbonyl (C=O) groups excluding carboxylic acids is 4. The normalized spacial score (nSPS) is 38.8. The molecular weight excluding hydrogens is 1460 g/mol. The van der Waals surface area contributed by atoms with Gasteiger partial charge in [0.2, 0.25) is 0 Å². The molecule has 13 nitrogen and oxygen atoms in total. The van der Waals surface area contributed by atoms with Crippen LogP contribution in [0.5, 0.6) is 0 Å². The van der Waals surface area contributed by atoms with Crippen molar-refractivity contribution in [3.8, 4) is 0 Å². The van der Waals surface area contributed by atoms with Crippen molar-refractivity contribution in [2.75, 3.05) is 6.61 Å². The second-order valence-electron chi connectivity index (χ2n) is 12.2. The molecular formula is C27H38Ac2NNp2O12-. The van der Waals surface area contributed by atoms with Gasteiger partial charge in [-0.2, -0.15) is 0 Å². The number of amides is 1. The Morgan fingerprint density at radius 1 is 1.07 bits per heavy atom. The summed E-state index contributed by atoms with van der Waals surface area (Å²) in [4.78, 5) is 50.5. The number of aliphatic hydroxyl groups is 5. The van der Waals surface area contributed by atoms with Crippen LogP contribution in [-0.2, 0) is 33.4 Å². The average molecular weight is 1500 g/mol. The van der Waals surface area contributed by atoms with Gasteiger partial charge in [0.25, 0.3) is 0 Å². The van der Waals surface area contributed by atoms with Crippen molar-refractivity contribution in [2.24, 2.45) is 16.7 Å². The zero-order chi connectivity index (χ0) is 30.2. The van der Waals surface area contributed by atoms with Crippen molar-refractivity contribution in [2.45, 2.75) is 102 Å². The van der Waals surface area contributed by atoms with Crippen molar-refractivity contribution >= 4 is 23.6 Å². The van der Waals surface area contributed by atoms with Crippen molar-refractivity contribution in [3.63, 3.8) is 0 Å². The number of hydrogen-bond acceptors (Lipinski definition) is 12. The summed E-state index contributed by atoms with van der Waals surface area (Å²) >= 11 is 0. The van der Waals surface area contributed by atoms with E-state index >= 15 is 0 Å². The molecule has 1 heterocycles. The molecule has 6 N–H and O–H groups in total. The Morgan fingerprint density at radius 3 is 2.11 bits per heavy atom. The van der Waals surface area contributed by atoms with Gasteiger partial charge < -0.3 is 45.1 Å². The van der Waals surface area contributed by atoms with E-state index in [0.717, 1.165) is 13.5 Å². The molecule has 4 aliphatic rings. The van der Waals surface area contributed by atoms with E-state index in [0.29, 0.717) is 0 Å². The van der Waals surface area contributed by atoms with Gasteiger partial charge in [0.15, 0.2) is 11.7 Å². The first-order valence-electron chi connectivity index (χ1n) is 13.2. The molecule has 4 rings (SSSR count). The minimum Gasteiger partial charge on any atom is -0.503 e. The van der Waals surface area contributed by atoms with E-state index < -0.39 is 94.6 Å². The van der Waals surface area contributed by atoms with Gasteiger partial charge in [-0.1, -0.05) is 13.8 Å². The molecule has 0 spiro atoms. The smallest absolute Gasteiger partial charge is 0.305 e. The molecule has 10 atom stereocenters. The molecule has 3 aliphatic carbocycles. The van der Waals surface area contributed by atoms with E-state index in [4.69, 9.17) is 14.2 Å². The van der Waals surface area contributed by atoms with Crippen LogP contribution in [0.25, 0.3) is 0 Å². The van der Waals surface area contributed by atoms with Crippen LogP contribution in [-0.4, -0.2) is 104 Å². The first-order valence-corrected chi connectivity index (χ1v) is 13.2. The van der Waals surface area contributed by atoms with Crippen LogP contribution in [0.15, 0.2) is 11.1 Å². The number of nitrogens with one attached hydrogen (secondary N) is 1. The van der Waals surface area contributed by atoms with Gasteiger partial charge in [0.1, 0.15) is 29.5 Å². The Labute approximate surface area is 373 Å². The fourth-order valence-corrected chi connectivity index (χ4v) is 7.27. The van der Waals surface area contributed by atoms with Gasteiger partial charge in [-0.05, 0) is 25.0 Å². The maximum absolute atomic E-state index is 14.1. The molecule has 3 fully saturated rings. The molecule has 0 unspecified atom stereocenters. The summed E-state index contributed by atoms with van der Waals surface area (Å²) in [6.45, 7) is 8.76. The van der Waals surface area contributed by atoms with Gasteiger partial charge in [-0.15, -0.1) is 0 Å². The molecule has 1 amide bonds. The first-order chi connectivity index (χ1) is 18.3. The van der Waals surface area contributed by atoms with Crippen molar-refractivity contribution in [1.82, 2.24) is 5.32 Å². The van der Waals surface area contributed by atoms with Crippen molar-refractivity contribution in [1.29, 1.82) is 0 Å². The van der Waals surface area contributed by atoms with Gasteiger partial charge in [-0.3, -0.25) is 19.2 Å². The topological polar surface area (TPSA) is 209 Å². The van der Waals surface area contributed by atoms with Crippen LogP contribution in [0.4, 0.5) is 0 Å². The number of ether oxygens (including phenoxy) is 3. The number of fused-ring (bicyclic) bond motifs is 5. The summed E-state index contributed by atoms with van der Waals surface area (Å²) in [7, 11) is 0. The maximum Gasteiger partial charge on any atom is 0.305 e.